The van der Waals surface area contributed by atoms with Crippen molar-refractivity contribution in [2.75, 3.05) is 13.2 Å². The van der Waals surface area contributed by atoms with E-state index in [1.165, 1.54) is 0 Å². The van der Waals surface area contributed by atoms with Gasteiger partial charge in [-0.1, -0.05) is 0 Å². The number of ether oxygens (including phenoxy) is 2. The molecule has 0 aromatic rings. The van der Waals surface area contributed by atoms with Crippen LogP contribution in [0.3, 0.4) is 0 Å². The van der Waals surface area contributed by atoms with Crippen molar-refractivity contribution in [1.29, 1.82) is 0 Å². The van der Waals surface area contributed by atoms with Crippen LogP contribution in [-0.2, 0) is 19.1 Å². The highest BCUT2D eigenvalue weighted by Crippen LogP contribution is 2.29. The maximum Gasteiger partial charge on any atom is 0.315 e. The maximum absolute atomic E-state index is 11.4. The molecule has 4 nitrogen and oxygen atoms in total. The normalized spacial score (nSPS) is 28.0. The Bertz CT molecular complexity index is 212. The van der Waals surface area contributed by atoms with E-state index in [-0.39, 0.29) is 18.5 Å². The van der Waals surface area contributed by atoms with Gasteiger partial charge in [0.05, 0.1) is 12.0 Å². The molecular weight excluding hydrogens is 172 g/mol. The molecule has 0 aromatic carbocycles. The molecule has 0 N–H and O–H groups in total. The van der Waals surface area contributed by atoms with Gasteiger partial charge in [-0.15, -0.1) is 0 Å². The lowest BCUT2D eigenvalue weighted by atomic mass is 9.85. The van der Waals surface area contributed by atoms with Crippen molar-refractivity contribution >= 4 is 11.9 Å². The van der Waals surface area contributed by atoms with E-state index in [2.05, 4.69) is 0 Å². The van der Waals surface area contributed by atoms with Crippen molar-refractivity contribution in [3.05, 3.63) is 0 Å². The average molecular weight is 186 g/mol. The van der Waals surface area contributed by atoms with Gasteiger partial charge in [0.25, 0.3) is 0 Å². The highest BCUT2D eigenvalue weighted by atomic mass is 16.6. The lowest BCUT2D eigenvalue weighted by Gasteiger charge is -2.29. The number of hydrogen-bond donors (Lipinski definition) is 0. The molecule has 0 saturated carbocycles. The minimum absolute atomic E-state index is 0.144. The van der Waals surface area contributed by atoms with Gasteiger partial charge < -0.3 is 9.47 Å². The molecule has 74 valence electrons. The minimum atomic E-state index is -0.635. The first-order valence-corrected chi connectivity index (χ1v) is 4.41. The first kappa shape index (κ1) is 10.0. The van der Waals surface area contributed by atoms with Gasteiger partial charge in [-0.3, -0.25) is 9.59 Å². The van der Waals surface area contributed by atoms with Gasteiger partial charge in [-0.2, -0.15) is 0 Å². The fraction of sp³-hybridized carbons (Fsp3) is 0.778. The number of carbonyl (C=O) groups excluding carboxylic acids is 2. The average Bonchev–Trinajstić information content (AvgIpc) is 2.11. The molecule has 1 aliphatic rings. The fourth-order valence-corrected chi connectivity index (χ4v) is 1.23. The van der Waals surface area contributed by atoms with Crippen LogP contribution in [0.1, 0.15) is 26.7 Å². The van der Waals surface area contributed by atoms with Gasteiger partial charge in [0.2, 0.25) is 0 Å². The summed E-state index contributed by atoms with van der Waals surface area (Å²) in [6.45, 7) is 4.03. The summed E-state index contributed by atoms with van der Waals surface area (Å²) in [5.41, 5.74) is -0.635. The quantitative estimate of drug-likeness (QED) is 0.601. The Labute approximate surface area is 77.2 Å². The number of hydrogen-bond acceptors (Lipinski definition) is 4. The lowest BCUT2D eigenvalue weighted by Crippen LogP contribution is -2.39. The van der Waals surface area contributed by atoms with Gasteiger partial charge in [-0.05, 0) is 20.3 Å². The van der Waals surface area contributed by atoms with Crippen LogP contribution in [-0.4, -0.2) is 25.2 Å². The summed E-state index contributed by atoms with van der Waals surface area (Å²) in [6.07, 6.45) is 0.819. The molecule has 1 unspecified atom stereocenters. The second-order valence-corrected chi connectivity index (χ2v) is 3.44. The summed E-state index contributed by atoms with van der Waals surface area (Å²) in [7, 11) is 0. The molecule has 1 fully saturated rings. The summed E-state index contributed by atoms with van der Waals surface area (Å²) in [5.74, 6) is -0.510. The Kier molecular flexibility index (Phi) is 2.90. The summed E-state index contributed by atoms with van der Waals surface area (Å²) in [4.78, 5) is 22.2. The smallest absolute Gasteiger partial charge is 0.315 e. The Morgan fingerprint density at radius 3 is 2.85 bits per heavy atom. The van der Waals surface area contributed by atoms with Crippen molar-refractivity contribution in [1.82, 2.24) is 0 Å². The highest BCUT2D eigenvalue weighted by molar-refractivity contribution is 5.80. The first-order valence-electron chi connectivity index (χ1n) is 4.41. The van der Waals surface area contributed by atoms with E-state index >= 15 is 0 Å². The standard InChI is InChI=1S/C9H14O4/c1-3-12-8(11)9(2)5-4-7(10)13-6-9/h3-6H2,1-2H3. The van der Waals surface area contributed by atoms with Gasteiger partial charge in [-0.25, -0.2) is 0 Å². The number of rotatable bonds is 2. The van der Waals surface area contributed by atoms with E-state index in [4.69, 9.17) is 9.47 Å². The third-order valence-electron chi connectivity index (χ3n) is 2.20. The minimum Gasteiger partial charge on any atom is -0.465 e. The second kappa shape index (κ2) is 3.77. The monoisotopic (exact) mass is 186 g/mol. The molecular formula is C9H14O4. The number of esters is 2. The molecule has 1 saturated heterocycles. The largest absolute Gasteiger partial charge is 0.465 e. The third kappa shape index (κ3) is 2.20. The zero-order chi connectivity index (χ0) is 9.90. The maximum atomic E-state index is 11.4. The van der Waals surface area contributed by atoms with Gasteiger partial charge in [0, 0.05) is 6.42 Å². The molecule has 1 rings (SSSR count). The molecule has 0 bridgehead atoms. The predicted octanol–water partition coefficient (Wildman–Crippen LogP) is 0.893. The van der Waals surface area contributed by atoms with Crippen LogP contribution in [0, 0.1) is 5.41 Å². The van der Waals surface area contributed by atoms with Crippen molar-refractivity contribution in [2.45, 2.75) is 26.7 Å². The molecule has 0 aromatic heterocycles. The van der Waals surface area contributed by atoms with Crippen molar-refractivity contribution in [3.8, 4) is 0 Å². The lowest BCUT2D eigenvalue weighted by molar-refractivity contribution is -0.169. The van der Waals surface area contributed by atoms with E-state index in [0.29, 0.717) is 19.4 Å². The van der Waals surface area contributed by atoms with Crippen LogP contribution in [0.5, 0.6) is 0 Å². The fourth-order valence-electron chi connectivity index (χ4n) is 1.23. The van der Waals surface area contributed by atoms with E-state index in [1.807, 2.05) is 0 Å². The predicted molar refractivity (Wildman–Crippen MR) is 44.9 cm³/mol. The van der Waals surface area contributed by atoms with Crippen LogP contribution in [0.4, 0.5) is 0 Å². The van der Waals surface area contributed by atoms with Crippen LogP contribution >= 0.6 is 0 Å². The first-order chi connectivity index (χ1) is 6.08. The highest BCUT2D eigenvalue weighted by Gasteiger charge is 2.39. The Hall–Kier alpha value is -1.06. The van der Waals surface area contributed by atoms with E-state index < -0.39 is 5.41 Å². The summed E-state index contributed by atoms with van der Waals surface area (Å²) in [6, 6.07) is 0. The topological polar surface area (TPSA) is 52.6 Å². The summed E-state index contributed by atoms with van der Waals surface area (Å²) < 4.78 is 9.71. The molecule has 1 heterocycles. The van der Waals surface area contributed by atoms with Crippen molar-refractivity contribution in [2.24, 2.45) is 5.41 Å². The third-order valence-corrected chi connectivity index (χ3v) is 2.20. The molecule has 1 aliphatic heterocycles. The molecule has 0 radical (unpaired) electrons. The molecule has 1 atom stereocenters. The molecule has 0 spiro atoms. The van der Waals surface area contributed by atoms with Crippen LogP contribution in [0.2, 0.25) is 0 Å². The Morgan fingerprint density at radius 1 is 1.69 bits per heavy atom. The van der Waals surface area contributed by atoms with E-state index in [9.17, 15) is 9.59 Å². The molecule has 0 amide bonds. The summed E-state index contributed by atoms with van der Waals surface area (Å²) in [5, 5.41) is 0. The van der Waals surface area contributed by atoms with Crippen LogP contribution in [0.25, 0.3) is 0 Å². The van der Waals surface area contributed by atoms with Gasteiger partial charge >= 0.3 is 11.9 Å². The van der Waals surface area contributed by atoms with E-state index in [1.54, 1.807) is 13.8 Å². The van der Waals surface area contributed by atoms with Crippen LogP contribution < -0.4 is 0 Å². The van der Waals surface area contributed by atoms with E-state index in [0.717, 1.165) is 0 Å². The molecule has 0 aliphatic carbocycles. The molecule has 13 heavy (non-hydrogen) atoms. The number of carbonyl (C=O) groups is 2. The zero-order valence-corrected chi connectivity index (χ0v) is 7.96. The molecule has 4 heteroatoms. The van der Waals surface area contributed by atoms with Crippen molar-refractivity contribution < 1.29 is 19.1 Å². The SMILES string of the molecule is CCOC(=O)C1(C)CCC(=O)OC1. The number of cyclic esters (lactones) is 1. The van der Waals surface area contributed by atoms with Crippen molar-refractivity contribution in [3.63, 3.8) is 0 Å². The Balaban J connectivity index is 2.56. The zero-order valence-electron chi connectivity index (χ0n) is 7.96. The van der Waals surface area contributed by atoms with Crippen LogP contribution in [0.15, 0.2) is 0 Å². The van der Waals surface area contributed by atoms with Gasteiger partial charge in [0.15, 0.2) is 0 Å². The van der Waals surface area contributed by atoms with Gasteiger partial charge in [0.1, 0.15) is 6.61 Å². The second-order valence-electron chi connectivity index (χ2n) is 3.44. The summed E-state index contributed by atoms with van der Waals surface area (Å²) >= 11 is 0. The Morgan fingerprint density at radius 2 is 2.38 bits per heavy atom.